The van der Waals surface area contributed by atoms with E-state index in [0.29, 0.717) is 45.0 Å². The summed E-state index contributed by atoms with van der Waals surface area (Å²) in [5.41, 5.74) is 5.63. The summed E-state index contributed by atoms with van der Waals surface area (Å²) in [5.74, 6) is 0.316. The maximum absolute atomic E-state index is 11.4. The Morgan fingerprint density at radius 3 is 1.03 bits per heavy atom. The molecule has 0 aliphatic heterocycles. The first-order valence-electron chi connectivity index (χ1n) is 13.1. The Balaban J connectivity index is 1.37. The molecular weight excluding hydrogens is 484 g/mol. The van der Waals surface area contributed by atoms with E-state index in [9.17, 15) is 5.11 Å². The third-order valence-electron chi connectivity index (χ3n) is 6.44. The predicted octanol–water partition coefficient (Wildman–Crippen LogP) is 5.38. The molecule has 0 radical (unpaired) electrons. The van der Waals surface area contributed by atoms with E-state index in [-0.39, 0.29) is 0 Å². The summed E-state index contributed by atoms with van der Waals surface area (Å²) in [6.07, 6.45) is 7.24. The lowest BCUT2D eigenvalue weighted by atomic mass is 10.1. The van der Waals surface area contributed by atoms with Crippen LogP contribution in [0.25, 0.3) is 0 Å². The van der Waals surface area contributed by atoms with E-state index in [2.05, 4.69) is 29.7 Å². The molecule has 5 aromatic rings. The minimum Gasteiger partial charge on any atom is -0.507 e. The van der Waals surface area contributed by atoms with Crippen LogP contribution in [0.3, 0.4) is 0 Å². The number of para-hydroxylation sites is 1. The molecule has 4 aromatic heterocycles. The highest BCUT2D eigenvalue weighted by Crippen LogP contribution is 2.27. The number of hydrogen-bond donors (Lipinski definition) is 1. The number of aromatic hydroxyl groups is 1. The summed E-state index contributed by atoms with van der Waals surface area (Å²) >= 11 is 0. The van der Waals surface area contributed by atoms with Crippen molar-refractivity contribution in [1.29, 1.82) is 0 Å². The van der Waals surface area contributed by atoms with Crippen molar-refractivity contribution in [3.8, 4) is 5.75 Å². The van der Waals surface area contributed by atoms with E-state index >= 15 is 0 Å². The van der Waals surface area contributed by atoms with Gasteiger partial charge in [-0.1, -0.05) is 42.5 Å². The monoisotopic (exact) mass is 516 g/mol. The zero-order valence-corrected chi connectivity index (χ0v) is 21.8. The maximum atomic E-state index is 11.4. The van der Waals surface area contributed by atoms with Crippen molar-refractivity contribution in [2.24, 2.45) is 0 Å². The predicted molar refractivity (Wildman–Crippen MR) is 151 cm³/mol. The summed E-state index contributed by atoms with van der Waals surface area (Å²) in [7, 11) is 0. The molecule has 0 saturated carbocycles. The number of nitrogens with zero attached hydrogens (tertiary/aromatic N) is 6. The molecular formula is C32H32N6O. The SMILES string of the molecule is Oc1c(CN(Cc2ccccn2)Cc2ccccn2)cccc1CN(Cc1ccccn1)Cc1ccccn1. The highest BCUT2D eigenvalue weighted by molar-refractivity contribution is 5.40. The van der Waals surface area contributed by atoms with Crippen LogP contribution in [0, 0.1) is 0 Å². The molecule has 7 nitrogen and oxygen atoms in total. The molecule has 0 aliphatic rings. The average Bonchev–Trinajstić information content (AvgIpc) is 2.97. The van der Waals surface area contributed by atoms with Crippen molar-refractivity contribution < 1.29 is 5.11 Å². The number of benzene rings is 1. The molecule has 0 spiro atoms. The Labute approximate surface area is 229 Å². The highest BCUT2D eigenvalue weighted by atomic mass is 16.3. The first-order chi connectivity index (χ1) is 19.2. The van der Waals surface area contributed by atoms with E-state index in [1.165, 1.54) is 0 Å². The molecule has 0 amide bonds. The lowest BCUT2D eigenvalue weighted by Gasteiger charge is -2.25. The van der Waals surface area contributed by atoms with Crippen LogP contribution in [-0.2, 0) is 39.3 Å². The quantitative estimate of drug-likeness (QED) is 0.239. The molecule has 196 valence electrons. The second-order valence-electron chi connectivity index (χ2n) is 9.50. The summed E-state index contributed by atoms with van der Waals surface area (Å²) in [6.45, 7) is 3.71. The summed E-state index contributed by atoms with van der Waals surface area (Å²) in [4.78, 5) is 22.6. The molecule has 0 aliphatic carbocycles. The summed E-state index contributed by atoms with van der Waals surface area (Å²) < 4.78 is 0. The highest BCUT2D eigenvalue weighted by Gasteiger charge is 2.17. The van der Waals surface area contributed by atoms with Crippen molar-refractivity contribution >= 4 is 0 Å². The molecule has 1 N–H and O–H groups in total. The fraction of sp³-hybridized carbons (Fsp3) is 0.188. The van der Waals surface area contributed by atoms with E-state index in [4.69, 9.17) is 0 Å². The van der Waals surface area contributed by atoms with Crippen molar-refractivity contribution in [2.45, 2.75) is 39.3 Å². The van der Waals surface area contributed by atoms with Crippen LogP contribution in [0.5, 0.6) is 5.75 Å². The van der Waals surface area contributed by atoms with Gasteiger partial charge in [0.15, 0.2) is 0 Å². The van der Waals surface area contributed by atoms with Crippen LogP contribution in [0.1, 0.15) is 33.9 Å². The molecule has 0 bridgehead atoms. The largest absolute Gasteiger partial charge is 0.507 e. The topological polar surface area (TPSA) is 78.3 Å². The minimum absolute atomic E-state index is 0.316. The Morgan fingerprint density at radius 2 is 0.744 bits per heavy atom. The Morgan fingerprint density at radius 1 is 0.410 bits per heavy atom. The van der Waals surface area contributed by atoms with Gasteiger partial charge in [-0.25, -0.2) is 0 Å². The van der Waals surface area contributed by atoms with Gasteiger partial charge in [0.05, 0.1) is 22.8 Å². The average molecular weight is 517 g/mol. The lowest BCUT2D eigenvalue weighted by molar-refractivity contribution is 0.231. The van der Waals surface area contributed by atoms with Crippen molar-refractivity contribution in [3.63, 3.8) is 0 Å². The molecule has 4 heterocycles. The lowest BCUT2D eigenvalue weighted by Crippen LogP contribution is -2.25. The van der Waals surface area contributed by atoms with Crippen molar-refractivity contribution in [3.05, 3.63) is 150 Å². The maximum Gasteiger partial charge on any atom is 0.124 e. The first kappa shape index (κ1) is 26.2. The van der Waals surface area contributed by atoms with Gasteiger partial charge in [-0.15, -0.1) is 0 Å². The van der Waals surface area contributed by atoms with Crippen LogP contribution in [-0.4, -0.2) is 34.8 Å². The fourth-order valence-corrected chi connectivity index (χ4v) is 4.60. The van der Waals surface area contributed by atoms with Crippen LogP contribution in [0.15, 0.2) is 116 Å². The van der Waals surface area contributed by atoms with Gasteiger partial charge in [-0.2, -0.15) is 0 Å². The van der Waals surface area contributed by atoms with Crippen molar-refractivity contribution in [2.75, 3.05) is 0 Å². The van der Waals surface area contributed by atoms with Gasteiger partial charge in [0.1, 0.15) is 5.75 Å². The van der Waals surface area contributed by atoms with Gasteiger partial charge >= 0.3 is 0 Å². The Hall–Kier alpha value is -4.46. The number of phenolic OH excluding ortho intramolecular Hbond substituents is 1. The van der Waals surface area contributed by atoms with Crippen LogP contribution < -0.4 is 0 Å². The molecule has 0 fully saturated rings. The number of pyridine rings is 4. The number of hydrogen-bond acceptors (Lipinski definition) is 7. The first-order valence-corrected chi connectivity index (χ1v) is 13.1. The van der Waals surface area contributed by atoms with Gasteiger partial charge in [-0.3, -0.25) is 29.7 Å². The van der Waals surface area contributed by atoms with Gasteiger partial charge in [0.2, 0.25) is 0 Å². The minimum atomic E-state index is 0.316. The third kappa shape index (κ3) is 7.77. The Kier molecular flexibility index (Phi) is 8.97. The number of aromatic nitrogens is 4. The number of phenols is 1. The second kappa shape index (κ2) is 13.4. The van der Waals surface area contributed by atoms with E-state index in [1.54, 1.807) is 0 Å². The fourth-order valence-electron chi connectivity index (χ4n) is 4.60. The van der Waals surface area contributed by atoms with Gasteiger partial charge in [-0.05, 0) is 48.5 Å². The van der Waals surface area contributed by atoms with Gasteiger partial charge < -0.3 is 5.11 Å². The molecule has 0 unspecified atom stereocenters. The smallest absolute Gasteiger partial charge is 0.124 e. The standard InChI is InChI=1S/C32H32N6O/c39-32-26(20-37(22-28-12-1-5-16-33-28)23-29-13-2-6-17-34-29)10-9-11-27(32)21-38(24-30-14-3-7-18-35-30)25-31-15-4-8-19-36-31/h1-19,39H,20-25H2. The van der Waals surface area contributed by atoms with E-state index < -0.39 is 0 Å². The second-order valence-corrected chi connectivity index (χ2v) is 9.50. The van der Waals surface area contributed by atoms with Crippen molar-refractivity contribution in [1.82, 2.24) is 29.7 Å². The summed E-state index contributed by atoms with van der Waals surface area (Å²) in [5, 5.41) is 11.4. The molecule has 5 rings (SSSR count). The number of rotatable bonds is 12. The zero-order valence-electron chi connectivity index (χ0n) is 21.8. The molecule has 7 heteroatoms. The molecule has 1 aromatic carbocycles. The Bertz CT molecular complexity index is 1230. The van der Waals surface area contributed by atoms with E-state index in [1.807, 2.05) is 116 Å². The normalized spacial score (nSPS) is 11.2. The van der Waals surface area contributed by atoms with E-state index in [0.717, 1.165) is 33.9 Å². The third-order valence-corrected chi connectivity index (χ3v) is 6.44. The van der Waals surface area contributed by atoms with Gasteiger partial charge in [0, 0.05) is 75.2 Å². The zero-order chi connectivity index (χ0) is 26.7. The van der Waals surface area contributed by atoms with Crippen LogP contribution in [0.2, 0.25) is 0 Å². The van der Waals surface area contributed by atoms with Gasteiger partial charge in [0.25, 0.3) is 0 Å². The summed E-state index contributed by atoms with van der Waals surface area (Å²) in [6, 6.07) is 29.8. The van der Waals surface area contributed by atoms with Crippen LogP contribution in [0.4, 0.5) is 0 Å². The molecule has 0 atom stereocenters. The molecule has 0 saturated heterocycles. The van der Waals surface area contributed by atoms with Crippen LogP contribution >= 0.6 is 0 Å². The molecule has 39 heavy (non-hydrogen) atoms.